The number of hydrogen-bond donors (Lipinski definition) is 1. The van der Waals surface area contributed by atoms with Crippen molar-refractivity contribution < 1.29 is 13.2 Å². The lowest BCUT2D eigenvalue weighted by Gasteiger charge is -2.12. The molecule has 3 rings (SSSR count). The van der Waals surface area contributed by atoms with Crippen LogP contribution in [0.1, 0.15) is 0 Å². The van der Waals surface area contributed by atoms with Crippen LogP contribution in [0.25, 0.3) is 0 Å². The van der Waals surface area contributed by atoms with Crippen molar-refractivity contribution >= 4 is 38.6 Å². The Bertz CT molecular complexity index is 908. The number of para-hydroxylation sites is 3. The van der Waals surface area contributed by atoms with Gasteiger partial charge in [-0.1, -0.05) is 41.9 Å². The van der Waals surface area contributed by atoms with Crippen LogP contribution in [0, 0.1) is 0 Å². The second kappa shape index (κ2) is 6.62. The molecule has 0 radical (unpaired) electrons. The number of halogens is 1. The monoisotopic (exact) mass is 365 g/mol. The molecular weight excluding hydrogens is 354 g/mol. The van der Waals surface area contributed by atoms with Crippen molar-refractivity contribution in [2.75, 3.05) is 4.72 Å². The first-order chi connectivity index (χ1) is 11.0. The van der Waals surface area contributed by atoms with Crippen LogP contribution in [0.2, 0.25) is 4.34 Å². The standard InChI is InChI=1S/C16H12ClNO3S2/c17-15-10-11-16(22-15)23(19,20)18-13-8-4-5-9-14(13)21-12-6-2-1-3-7-12/h1-11,18H. The number of anilines is 1. The number of benzene rings is 2. The summed E-state index contributed by atoms with van der Waals surface area (Å²) in [5.41, 5.74) is 0.362. The zero-order chi connectivity index (χ0) is 16.3. The Morgan fingerprint density at radius 1 is 0.913 bits per heavy atom. The zero-order valence-electron chi connectivity index (χ0n) is 11.8. The summed E-state index contributed by atoms with van der Waals surface area (Å²) in [6, 6.07) is 19.0. The Morgan fingerprint density at radius 3 is 2.30 bits per heavy atom. The van der Waals surface area contributed by atoms with E-state index in [1.165, 1.54) is 6.07 Å². The average Bonchev–Trinajstić information content (AvgIpc) is 2.98. The average molecular weight is 366 g/mol. The zero-order valence-corrected chi connectivity index (χ0v) is 14.2. The van der Waals surface area contributed by atoms with Gasteiger partial charge in [-0.05, 0) is 36.4 Å². The molecule has 3 aromatic rings. The maximum Gasteiger partial charge on any atom is 0.271 e. The largest absolute Gasteiger partial charge is 0.455 e. The molecule has 0 atom stereocenters. The van der Waals surface area contributed by atoms with E-state index in [1.54, 1.807) is 42.5 Å². The SMILES string of the molecule is O=S(=O)(Nc1ccccc1Oc1ccccc1)c1ccc(Cl)s1. The van der Waals surface area contributed by atoms with Gasteiger partial charge in [0.05, 0.1) is 10.0 Å². The van der Waals surface area contributed by atoms with Crippen molar-refractivity contribution in [3.63, 3.8) is 0 Å². The van der Waals surface area contributed by atoms with Gasteiger partial charge < -0.3 is 4.74 Å². The van der Waals surface area contributed by atoms with Gasteiger partial charge in [0.1, 0.15) is 9.96 Å². The van der Waals surface area contributed by atoms with Crippen molar-refractivity contribution in [3.05, 3.63) is 71.1 Å². The van der Waals surface area contributed by atoms with E-state index in [4.69, 9.17) is 16.3 Å². The molecule has 0 saturated heterocycles. The predicted molar refractivity (Wildman–Crippen MR) is 93.1 cm³/mol. The van der Waals surface area contributed by atoms with Crippen LogP contribution in [0.15, 0.2) is 70.9 Å². The predicted octanol–water partition coefficient (Wildman–Crippen LogP) is 4.99. The van der Waals surface area contributed by atoms with E-state index in [0.717, 1.165) is 11.3 Å². The van der Waals surface area contributed by atoms with Crippen LogP contribution < -0.4 is 9.46 Å². The van der Waals surface area contributed by atoms with Gasteiger partial charge in [-0.25, -0.2) is 8.42 Å². The summed E-state index contributed by atoms with van der Waals surface area (Å²) in [5, 5.41) is 0. The van der Waals surface area contributed by atoms with Crippen molar-refractivity contribution in [1.82, 2.24) is 0 Å². The Morgan fingerprint density at radius 2 is 1.61 bits per heavy atom. The summed E-state index contributed by atoms with van der Waals surface area (Å²) in [6.07, 6.45) is 0. The van der Waals surface area contributed by atoms with Gasteiger partial charge in [-0.2, -0.15) is 0 Å². The molecule has 118 valence electrons. The Kier molecular flexibility index (Phi) is 4.56. The van der Waals surface area contributed by atoms with E-state index >= 15 is 0 Å². The van der Waals surface area contributed by atoms with Crippen LogP contribution in [0.5, 0.6) is 11.5 Å². The molecule has 4 nitrogen and oxygen atoms in total. The molecule has 1 N–H and O–H groups in total. The maximum atomic E-state index is 12.4. The minimum atomic E-state index is -3.70. The molecule has 0 aliphatic heterocycles. The fourth-order valence-electron chi connectivity index (χ4n) is 1.89. The normalized spacial score (nSPS) is 11.2. The number of thiophene rings is 1. The lowest BCUT2D eigenvalue weighted by molar-refractivity contribution is 0.485. The fraction of sp³-hybridized carbons (Fsp3) is 0. The highest BCUT2D eigenvalue weighted by Crippen LogP contribution is 2.32. The minimum Gasteiger partial charge on any atom is -0.455 e. The summed E-state index contributed by atoms with van der Waals surface area (Å²) in [4.78, 5) is 0. The molecule has 0 saturated carbocycles. The molecule has 0 amide bonds. The molecule has 1 heterocycles. The van der Waals surface area contributed by atoms with E-state index in [1.807, 2.05) is 18.2 Å². The van der Waals surface area contributed by atoms with E-state index in [2.05, 4.69) is 4.72 Å². The van der Waals surface area contributed by atoms with Crippen LogP contribution in [0.3, 0.4) is 0 Å². The van der Waals surface area contributed by atoms with Crippen molar-refractivity contribution in [1.29, 1.82) is 0 Å². The van der Waals surface area contributed by atoms with E-state index in [0.29, 0.717) is 21.5 Å². The second-order valence-electron chi connectivity index (χ2n) is 4.58. The summed E-state index contributed by atoms with van der Waals surface area (Å²) in [6.45, 7) is 0. The van der Waals surface area contributed by atoms with Crippen molar-refractivity contribution in [2.45, 2.75) is 4.21 Å². The highest BCUT2D eigenvalue weighted by molar-refractivity contribution is 7.94. The summed E-state index contributed by atoms with van der Waals surface area (Å²) < 4.78 is 33.7. The minimum absolute atomic E-state index is 0.150. The Balaban J connectivity index is 1.89. The third-order valence-corrected chi connectivity index (χ3v) is 6.00. The Hall–Kier alpha value is -2.02. The first-order valence-electron chi connectivity index (χ1n) is 6.65. The first-order valence-corrected chi connectivity index (χ1v) is 9.32. The van der Waals surface area contributed by atoms with Gasteiger partial charge >= 0.3 is 0 Å². The molecule has 0 fully saturated rings. The summed E-state index contributed by atoms with van der Waals surface area (Å²) in [7, 11) is -3.70. The lowest BCUT2D eigenvalue weighted by Crippen LogP contribution is -2.12. The molecular formula is C16H12ClNO3S2. The quantitative estimate of drug-likeness (QED) is 0.692. The molecule has 0 unspecified atom stereocenters. The number of rotatable bonds is 5. The van der Waals surface area contributed by atoms with E-state index < -0.39 is 10.0 Å². The van der Waals surface area contributed by atoms with Gasteiger partial charge in [-0.15, -0.1) is 11.3 Å². The van der Waals surface area contributed by atoms with Gasteiger partial charge in [0.15, 0.2) is 5.75 Å². The molecule has 7 heteroatoms. The van der Waals surface area contributed by atoms with Gasteiger partial charge in [0.25, 0.3) is 10.0 Å². The van der Waals surface area contributed by atoms with Gasteiger partial charge in [0, 0.05) is 0 Å². The molecule has 0 bridgehead atoms. The van der Waals surface area contributed by atoms with Crippen LogP contribution >= 0.6 is 22.9 Å². The number of hydrogen-bond acceptors (Lipinski definition) is 4. The van der Waals surface area contributed by atoms with E-state index in [-0.39, 0.29) is 4.21 Å². The van der Waals surface area contributed by atoms with Crippen LogP contribution in [0.4, 0.5) is 5.69 Å². The highest BCUT2D eigenvalue weighted by atomic mass is 35.5. The number of nitrogens with one attached hydrogen (secondary N) is 1. The summed E-state index contributed by atoms with van der Waals surface area (Å²) >= 11 is 6.81. The third kappa shape index (κ3) is 3.85. The van der Waals surface area contributed by atoms with Crippen LogP contribution in [-0.4, -0.2) is 8.42 Å². The fourth-order valence-corrected chi connectivity index (χ4v) is 4.45. The molecule has 0 spiro atoms. The Labute approximate surface area is 143 Å². The second-order valence-corrected chi connectivity index (χ2v) is 8.20. The third-order valence-electron chi connectivity index (χ3n) is 2.92. The molecule has 2 aromatic carbocycles. The molecule has 0 aliphatic carbocycles. The van der Waals surface area contributed by atoms with Crippen molar-refractivity contribution in [2.24, 2.45) is 0 Å². The van der Waals surface area contributed by atoms with E-state index in [9.17, 15) is 8.42 Å². The molecule has 23 heavy (non-hydrogen) atoms. The summed E-state index contributed by atoms with van der Waals surface area (Å²) in [5.74, 6) is 1.04. The molecule has 0 aliphatic rings. The highest BCUT2D eigenvalue weighted by Gasteiger charge is 2.18. The van der Waals surface area contributed by atoms with Gasteiger partial charge in [-0.3, -0.25) is 4.72 Å². The molecule has 1 aromatic heterocycles. The van der Waals surface area contributed by atoms with Crippen molar-refractivity contribution in [3.8, 4) is 11.5 Å². The van der Waals surface area contributed by atoms with Crippen LogP contribution in [-0.2, 0) is 10.0 Å². The lowest BCUT2D eigenvalue weighted by atomic mass is 10.3. The number of sulfonamides is 1. The maximum absolute atomic E-state index is 12.4. The topological polar surface area (TPSA) is 55.4 Å². The van der Waals surface area contributed by atoms with Gasteiger partial charge in [0.2, 0.25) is 0 Å². The smallest absolute Gasteiger partial charge is 0.271 e. The first kappa shape index (κ1) is 15.9. The number of ether oxygens (including phenoxy) is 1.